The summed E-state index contributed by atoms with van der Waals surface area (Å²) in [4.78, 5) is 16.2. The van der Waals surface area contributed by atoms with Gasteiger partial charge in [-0.1, -0.05) is 0 Å². The molecule has 1 fully saturated rings. The van der Waals surface area contributed by atoms with Crippen LogP contribution in [0.4, 0.5) is 8.78 Å². The molecule has 0 spiro atoms. The van der Waals surface area contributed by atoms with Gasteiger partial charge in [-0.3, -0.25) is 4.79 Å². The van der Waals surface area contributed by atoms with Crippen molar-refractivity contribution in [3.8, 4) is 5.69 Å². The minimum absolute atomic E-state index is 0.0198. The number of nitrogens with zero attached hydrogens (tertiary/aromatic N) is 2. The van der Waals surface area contributed by atoms with Crippen LogP contribution >= 0.6 is 0 Å². The number of hydrogen-bond donors (Lipinski definition) is 2. The van der Waals surface area contributed by atoms with Gasteiger partial charge in [0.2, 0.25) is 5.91 Å². The maximum absolute atomic E-state index is 13.7. The molecule has 7 heteroatoms. The molecule has 0 radical (unpaired) electrons. The first-order chi connectivity index (χ1) is 11.4. The number of aromatic nitrogens is 2. The van der Waals surface area contributed by atoms with Gasteiger partial charge >= 0.3 is 0 Å². The van der Waals surface area contributed by atoms with E-state index in [1.165, 1.54) is 12.1 Å². The van der Waals surface area contributed by atoms with Gasteiger partial charge in [-0.05, 0) is 43.5 Å². The molecule has 5 nitrogen and oxygen atoms in total. The molecular formula is C17H19F2N3O2. The molecule has 1 amide bonds. The van der Waals surface area contributed by atoms with Gasteiger partial charge in [-0.25, -0.2) is 13.8 Å². The molecule has 0 saturated heterocycles. The number of rotatable bonds is 5. The van der Waals surface area contributed by atoms with Gasteiger partial charge in [0, 0.05) is 24.9 Å². The number of aliphatic hydroxyl groups excluding tert-OH is 1. The van der Waals surface area contributed by atoms with Gasteiger partial charge in [0.05, 0.1) is 12.3 Å². The minimum Gasteiger partial charge on any atom is -0.393 e. The summed E-state index contributed by atoms with van der Waals surface area (Å²) < 4.78 is 29.1. The summed E-state index contributed by atoms with van der Waals surface area (Å²) in [6.45, 7) is 1.40. The Kier molecular flexibility index (Phi) is 4.36. The van der Waals surface area contributed by atoms with Gasteiger partial charge in [0.25, 0.3) is 0 Å². The predicted molar refractivity (Wildman–Crippen MR) is 83.8 cm³/mol. The molecule has 3 rings (SSSR count). The first kappa shape index (κ1) is 16.6. The lowest BCUT2D eigenvalue weighted by Crippen LogP contribution is -2.49. The fourth-order valence-electron chi connectivity index (χ4n) is 3.03. The van der Waals surface area contributed by atoms with E-state index in [-0.39, 0.29) is 25.3 Å². The summed E-state index contributed by atoms with van der Waals surface area (Å²) in [5.41, 5.74) is -0.298. The first-order valence-electron chi connectivity index (χ1n) is 7.78. The van der Waals surface area contributed by atoms with E-state index in [1.54, 1.807) is 18.5 Å². The van der Waals surface area contributed by atoms with Crippen molar-refractivity contribution in [3.63, 3.8) is 0 Å². The third-order valence-electron chi connectivity index (χ3n) is 4.46. The molecule has 1 aromatic heterocycles. The number of imidazole rings is 1. The number of aliphatic hydroxyl groups is 1. The van der Waals surface area contributed by atoms with Crippen molar-refractivity contribution in [2.45, 2.75) is 32.0 Å². The largest absolute Gasteiger partial charge is 0.393 e. The third kappa shape index (κ3) is 3.17. The Hall–Kier alpha value is -2.28. The van der Waals surface area contributed by atoms with Crippen LogP contribution in [-0.4, -0.2) is 32.8 Å². The van der Waals surface area contributed by atoms with E-state index in [4.69, 9.17) is 5.11 Å². The summed E-state index contributed by atoms with van der Waals surface area (Å²) >= 11 is 0. The smallest absolute Gasteiger partial charge is 0.223 e. The maximum atomic E-state index is 13.7. The number of carbonyl (C=O) groups is 1. The zero-order valence-corrected chi connectivity index (χ0v) is 13.3. The van der Waals surface area contributed by atoms with E-state index in [1.807, 2.05) is 11.5 Å². The second kappa shape index (κ2) is 6.32. The molecule has 1 aliphatic rings. The van der Waals surface area contributed by atoms with Crippen molar-refractivity contribution >= 4 is 5.91 Å². The van der Waals surface area contributed by atoms with Crippen molar-refractivity contribution < 1.29 is 18.7 Å². The Morgan fingerprint density at radius 1 is 1.50 bits per heavy atom. The number of nitrogens with one attached hydrogen (secondary N) is 1. The highest BCUT2D eigenvalue weighted by Gasteiger charge is 2.47. The number of halogens is 2. The van der Waals surface area contributed by atoms with Gasteiger partial charge in [0.15, 0.2) is 0 Å². The lowest BCUT2D eigenvalue weighted by molar-refractivity contribution is -0.136. The third-order valence-corrected chi connectivity index (χ3v) is 4.46. The summed E-state index contributed by atoms with van der Waals surface area (Å²) in [7, 11) is 0. The zero-order chi connectivity index (χ0) is 17.3. The topological polar surface area (TPSA) is 67.2 Å². The Bertz CT molecular complexity index is 754. The Balaban J connectivity index is 1.71. The number of aryl methyl sites for hydroxylation is 1. The standard InChI is InChI=1S/C17H19F2N3O2/c1-11-20-4-5-22(11)15-3-2-14(18)6-12(15)9-21-16(24)13-7-17(19,8-13)10-23/h2-6,13,23H,7-10H2,1H3,(H,21,24). The number of benzene rings is 1. The molecule has 2 aromatic rings. The highest BCUT2D eigenvalue weighted by atomic mass is 19.1. The van der Waals surface area contributed by atoms with Crippen LogP contribution in [0.1, 0.15) is 24.2 Å². The molecule has 0 bridgehead atoms. The zero-order valence-electron chi connectivity index (χ0n) is 13.3. The van der Waals surface area contributed by atoms with Crippen molar-refractivity contribution in [2.75, 3.05) is 6.61 Å². The van der Waals surface area contributed by atoms with Crippen molar-refractivity contribution in [1.29, 1.82) is 0 Å². The number of hydrogen-bond acceptors (Lipinski definition) is 3. The minimum atomic E-state index is -1.64. The van der Waals surface area contributed by atoms with Crippen LogP contribution in [0.3, 0.4) is 0 Å². The summed E-state index contributed by atoms with van der Waals surface area (Å²) in [6.07, 6.45) is 3.45. The van der Waals surface area contributed by atoms with Gasteiger partial charge in [-0.15, -0.1) is 0 Å². The van der Waals surface area contributed by atoms with Crippen molar-refractivity contribution in [1.82, 2.24) is 14.9 Å². The molecule has 1 heterocycles. The number of carbonyl (C=O) groups excluding carboxylic acids is 1. The average molecular weight is 335 g/mol. The first-order valence-corrected chi connectivity index (χ1v) is 7.78. The van der Waals surface area contributed by atoms with Crippen LogP contribution in [0, 0.1) is 18.7 Å². The van der Waals surface area contributed by atoms with Crippen LogP contribution in [0.2, 0.25) is 0 Å². The van der Waals surface area contributed by atoms with Gasteiger partial charge in [0.1, 0.15) is 17.3 Å². The fourth-order valence-corrected chi connectivity index (χ4v) is 3.03. The molecule has 1 saturated carbocycles. The normalized spacial score (nSPS) is 22.9. The SMILES string of the molecule is Cc1nccn1-c1ccc(F)cc1CNC(=O)C1CC(F)(CO)C1. The van der Waals surface area contributed by atoms with E-state index in [9.17, 15) is 13.6 Å². The number of amides is 1. The lowest BCUT2D eigenvalue weighted by atomic mass is 9.72. The maximum Gasteiger partial charge on any atom is 0.223 e. The van der Waals surface area contributed by atoms with Crippen molar-refractivity contribution in [2.24, 2.45) is 5.92 Å². The molecule has 0 unspecified atom stereocenters. The molecule has 0 atom stereocenters. The Morgan fingerprint density at radius 3 is 2.88 bits per heavy atom. The van der Waals surface area contributed by atoms with Gasteiger partial charge in [-0.2, -0.15) is 0 Å². The fraction of sp³-hybridized carbons (Fsp3) is 0.412. The second-order valence-electron chi connectivity index (χ2n) is 6.25. The number of alkyl halides is 1. The lowest BCUT2D eigenvalue weighted by Gasteiger charge is -2.38. The van der Waals surface area contributed by atoms with Crippen LogP contribution in [0.25, 0.3) is 5.69 Å². The van der Waals surface area contributed by atoms with E-state index in [0.29, 0.717) is 5.56 Å². The summed E-state index contributed by atoms with van der Waals surface area (Å²) in [5.74, 6) is -0.380. The quantitative estimate of drug-likeness (QED) is 0.879. The van der Waals surface area contributed by atoms with E-state index >= 15 is 0 Å². The van der Waals surface area contributed by atoms with Crippen molar-refractivity contribution in [3.05, 3.63) is 47.8 Å². The van der Waals surface area contributed by atoms with Crippen LogP contribution in [0.5, 0.6) is 0 Å². The van der Waals surface area contributed by atoms with E-state index in [2.05, 4.69) is 10.3 Å². The molecular weight excluding hydrogens is 316 g/mol. The summed E-state index contributed by atoms with van der Waals surface area (Å²) in [6, 6.07) is 4.35. The average Bonchev–Trinajstić information content (AvgIpc) is 2.95. The Morgan fingerprint density at radius 2 is 2.25 bits per heavy atom. The summed E-state index contributed by atoms with van der Waals surface area (Å²) in [5, 5.41) is 11.6. The molecule has 2 N–H and O–H groups in total. The van der Waals surface area contributed by atoms with Crippen LogP contribution in [-0.2, 0) is 11.3 Å². The molecule has 1 aromatic carbocycles. The molecule has 1 aliphatic carbocycles. The predicted octanol–water partition coefficient (Wildman–Crippen LogP) is 2.05. The monoisotopic (exact) mass is 335 g/mol. The Labute approximate surface area is 138 Å². The van der Waals surface area contributed by atoms with Crippen LogP contribution < -0.4 is 5.32 Å². The van der Waals surface area contributed by atoms with Gasteiger partial charge < -0.3 is 15.0 Å². The van der Waals surface area contributed by atoms with E-state index < -0.39 is 24.0 Å². The van der Waals surface area contributed by atoms with E-state index in [0.717, 1.165) is 11.5 Å². The molecule has 0 aliphatic heterocycles. The van der Waals surface area contributed by atoms with Crippen LogP contribution in [0.15, 0.2) is 30.6 Å². The second-order valence-corrected chi connectivity index (χ2v) is 6.25. The molecule has 24 heavy (non-hydrogen) atoms. The highest BCUT2D eigenvalue weighted by molar-refractivity contribution is 5.80. The highest BCUT2D eigenvalue weighted by Crippen LogP contribution is 2.40. The molecule has 128 valence electrons.